The highest BCUT2D eigenvalue weighted by Gasteiger charge is 2.21. The molecule has 146 valence electrons. The summed E-state index contributed by atoms with van der Waals surface area (Å²) in [6.45, 7) is 1.84. The van der Waals surface area contributed by atoms with E-state index < -0.39 is 0 Å². The summed E-state index contributed by atoms with van der Waals surface area (Å²) in [5, 5.41) is 7.45. The number of hydrogen-bond donors (Lipinski definition) is 0. The van der Waals surface area contributed by atoms with Gasteiger partial charge in [-0.15, -0.1) is 11.3 Å². The number of aromatic nitrogens is 2. The van der Waals surface area contributed by atoms with Gasteiger partial charge in [0.2, 0.25) is 0 Å². The number of benzene rings is 2. The van der Waals surface area contributed by atoms with Crippen molar-refractivity contribution in [2.24, 2.45) is 5.10 Å². The lowest BCUT2D eigenvalue weighted by Crippen LogP contribution is -2.21. The molecule has 1 aliphatic rings. The second-order valence-corrected chi connectivity index (χ2v) is 8.47. The van der Waals surface area contributed by atoms with Gasteiger partial charge < -0.3 is 4.74 Å². The van der Waals surface area contributed by atoms with Crippen LogP contribution in [0.1, 0.15) is 34.7 Å². The van der Waals surface area contributed by atoms with Gasteiger partial charge in [-0.2, -0.15) is 9.78 Å². The highest BCUT2D eigenvalue weighted by atomic mass is 32.1. The molecule has 0 radical (unpaired) electrons. The first-order valence-electron chi connectivity index (χ1n) is 9.80. The molecule has 0 unspecified atom stereocenters. The quantitative estimate of drug-likeness (QED) is 0.466. The Bertz CT molecular complexity index is 1330. The molecule has 6 heteroatoms. The number of hydrogen-bond acceptors (Lipinski definition) is 5. The molecule has 0 atom stereocenters. The molecule has 0 fully saturated rings. The second-order valence-electron chi connectivity index (χ2n) is 7.38. The Hall–Kier alpha value is -2.99. The van der Waals surface area contributed by atoms with E-state index in [-0.39, 0.29) is 5.56 Å². The summed E-state index contributed by atoms with van der Waals surface area (Å²) >= 11 is 1.67. The SMILES string of the molecule is COc1ccc2cc(/C=N/n3c(C)nc4sc5c(c4c3=O)CCCC5)ccc2c1. The number of ether oxygens (including phenoxy) is 1. The van der Waals surface area contributed by atoms with Crippen LogP contribution in [-0.4, -0.2) is 23.0 Å². The Morgan fingerprint density at radius 3 is 2.79 bits per heavy atom. The Morgan fingerprint density at radius 1 is 1.14 bits per heavy atom. The third-order valence-corrected chi connectivity index (χ3v) is 6.71. The molecule has 2 aromatic carbocycles. The van der Waals surface area contributed by atoms with Gasteiger partial charge in [-0.1, -0.05) is 18.2 Å². The molecule has 0 N–H and O–H groups in total. The summed E-state index contributed by atoms with van der Waals surface area (Å²) in [7, 11) is 1.66. The lowest BCUT2D eigenvalue weighted by atomic mass is 9.97. The molecule has 5 rings (SSSR count). The van der Waals surface area contributed by atoms with E-state index in [0.717, 1.165) is 51.6 Å². The Kier molecular flexibility index (Phi) is 4.43. The van der Waals surface area contributed by atoms with E-state index in [0.29, 0.717) is 5.82 Å². The number of methoxy groups -OCH3 is 1. The molecule has 1 aliphatic carbocycles. The summed E-state index contributed by atoms with van der Waals surface area (Å²) in [5.41, 5.74) is 2.06. The van der Waals surface area contributed by atoms with E-state index >= 15 is 0 Å². The van der Waals surface area contributed by atoms with Crippen LogP contribution in [-0.2, 0) is 12.8 Å². The van der Waals surface area contributed by atoms with Crippen molar-refractivity contribution in [1.29, 1.82) is 0 Å². The van der Waals surface area contributed by atoms with Crippen LogP contribution in [0.2, 0.25) is 0 Å². The summed E-state index contributed by atoms with van der Waals surface area (Å²) < 4.78 is 6.71. The Morgan fingerprint density at radius 2 is 1.93 bits per heavy atom. The number of rotatable bonds is 3. The van der Waals surface area contributed by atoms with E-state index in [1.54, 1.807) is 24.7 Å². The topological polar surface area (TPSA) is 56.5 Å². The van der Waals surface area contributed by atoms with Crippen molar-refractivity contribution in [3.63, 3.8) is 0 Å². The van der Waals surface area contributed by atoms with Gasteiger partial charge in [-0.3, -0.25) is 4.79 Å². The third-order valence-electron chi connectivity index (χ3n) is 5.52. The van der Waals surface area contributed by atoms with E-state index in [4.69, 9.17) is 4.74 Å². The molecule has 2 heterocycles. The van der Waals surface area contributed by atoms with Crippen LogP contribution in [0.3, 0.4) is 0 Å². The van der Waals surface area contributed by atoms with Crippen molar-refractivity contribution in [3.8, 4) is 5.75 Å². The minimum atomic E-state index is -0.0614. The van der Waals surface area contributed by atoms with Crippen LogP contribution in [0.5, 0.6) is 5.75 Å². The molecule has 2 aromatic heterocycles. The van der Waals surface area contributed by atoms with Crippen LogP contribution in [0.4, 0.5) is 0 Å². The fourth-order valence-electron chi connectivity index (χ4n) is 4.01. The minimum Gasteiger partial charge on any atom is -0.497 e. The monoisotopic (exact) mass is 403 g/mol. The van der Waals surface area contributed by atoms with Crippen molar-refractivity contribution >= 4 is 38.5 Å². The number of thiophene rings is 1. The fourth-order valence-corrected chi connectivity index (χ4v) is 5.31. The summed E-state index contributed by atoms with van der Waals surface area (Å²) in [6, 6.07) is 12.0. The maximum absolute atomic E-state index is 13.2. The van der Waals surface area contributed by atoms with Crippen molar-refractivity contribution in [1.82, 2.24) is 9.66 Å². The average Bonchev–Trinajstić information content (AvgIpc) is 3.11. The molecule has 0 saturated heterocycles. The average molecular weight is 404 g/mol. The predicted molar refractivity (Wildman–Crippen MR) is 119 cm³/mol. The van der Waals surface area contributed by atoms with Crippen LogP contribution in [0.15, 0.2) is 46.3 Å². The minimum absolute atomic E-state index is 0.0614. The van der Waals surface area contributed by atoms with E-state index in [1.165, 1.54) is 21.5 Å². The molecule has 0 bridgehead atoms. The Labute approximate surface area is 172 Å². The molecular weight excluding hydrogens is 382 g/mol. The molecule has 29 heavy (non-hydrogen) atoms. The maximum Gasteiger partial charge on any atom is 0.283 e. The second kappa shape index (κ2) is 7.12. The van der Waals surface area contributed by atoms with Crippen molar-refractivity contribution < 1.29 is 4.74 Å². The first-order valence-corrected chi connectivity index (χ1v) is 10.6. The van der Waals surface area contributed by atoms with Gasteiger partial charge in [0.1, 0.15) is 16.4 Å². The normalized spacial score (nSPS) is 14.0. The molecule has 4 aromatic rings. The number of aryl methyl sites for hydroxylation is 3. The van der Waals surface area contributed by atoms with Gasteiger partial charge in [0, 0.05) is 4.88 Å². The number of nitrogens with zero attached hydrogens (tertiary/aromatic N) is 3. The zero-order valence-electron chi connectivity index (χ0n) is 16.4. The first kappa shape index (κ1) is 18.1. The number of fused-ring (bicyclic) bond motifs is 4. The van der Waals surface area contributed by atoms with Gasteiger partial charge in [0.25, 0.3) is 5.56 Å². The van der Waals surface area contributed by atoms with Crippen molar-refractivity contribution in [3.05, 3.63) is 68.6 Å². The summed E-state index contributed by atoms with van der Waals surface area (Å²) in [5.74, 6) is 1.45. The molecular formula is C23H21N3O2S. The molecule has 0 amide bonds. The highest BCUT2D eigenvalue weighted by molar-refractivity contribution is 7.18. The molecule has 5 nitrogen and oxygen atoms in total. The van der Waals surface area contributed by atoms with Gasteiger partial charge in [-0.25, -0.2) is 4.98 Å². The molecule has 0 saturated carbocycles. The van der Waals surface area contributed by atoms with Gasteiger partial charge in [-0.05, 0) is 72.7 Å². The highest BCUT2D eigenvalue weighted by Crippen LogP contribution is 2.33. The Balaban J connectivity index is 1.56. The van der Waals surface area contributed by atoms with Crippen molar-refractivity contribution in [2.75, 3.05) is 7.11 Å². The zero-order chi connectivity index (χ0) is 20.0. The molecule has 0 spiro atoms. The van der Waals surface area contributed by atoms with E-state index in [1.807, 2.05) is 37.3 Å². The smallest absolute Gasteiger partial charge is 0.283 e. The van der Waals surface area contributed by atoms with Gasteiger partial charge >= 0.3 is 0 Å². The predicted octanol–water partition coefficient (Wildman–Crippen LogP) is 4.69. The van der Waals surface area contributed by atoms with Gasteiger partial charge in [0.15, 0.2) is 0 Å². The first-order chi connectivity index (χ1) is 14.1. The largest absolute Gasteiger partial charge is 0.497 e. The standard InChI is InChI=1S/C23H21N3O2S/c1-14-25-22-21(19-5-3-4-6-20(19)29-22)23(27)26(14)24-13-15-7-8-17-12-18(28-2)10-9-16(17)11-15/h7-13H,3-6H2,1-2H3/b24-13+. The van der Waals surface area contributed by atoms with Crippen LogP contribution < -0.4 is 10.3 Å². The van der Waals surface area contributed by atoms with E-state index in [9.17, 15) is 4.79 Å². The van der Waals surface area contributed by atoms with Crippen LogP contribution >= 0.6 is 11.3 Å². The summed E-state index contributed by atoms with van der Waals surface area (Å²) in [4.78, 5) is 20.0. The van der Waals surface area contributed by atoms with Crippen molar-refractivity contribution in [2.45, 2.75) is 32.6 Å². The summed E-state index contributed by atoms with van der Waals surface area (Å²) in [6.07, 6.45) is 6.08. The van der Waals surface area contributed by atoms with Crippen LogP contribution in [0.25, 0.3) is 21.0 Å². The zero-order valence-corrected chi connectivity index (χ0v) is 17.3. The van der Waals surface area contributed by atoms with E-state index in [2.05, 4.69) is 16.2 Å². The van der Waals surface area contributed by atoms with Gasteiger partial charge in [0.05, 0.1) is 18.7 Å². The maximum atomic E-state index is 13.2. The fraction of sp³-hybridized carbons (Fsp3) is 0.261. The third kappa shape index (κ3) is 3.13. The molecule has 0 aliphatic heterocycles. The van der Waals surface area contributed by atoms with Crippen LogP contribution in [0, 0.1) is 6.92 Å². The lowest BCUT2D eigenvalue weighted by Gasteiger charge is -2.10. The lowest BCUT2D eigenvalue weighted by molar-refractivity contribution is 0.415.